The zero-order valence-corrected chi connectivity index (χ0v) is 10.2. The fourth-order valence-electron chi connectivity index (χ4n) is 1.61. The highest BCUT2D eigenvalue weighted by atomic mass is 32.2. The molecule has 0 aromatic carbocycles. The highest BCUT2D eigenvalue weighted by Crippen LogP contribution is 2.16. The van der Waals surface area contributed by atoms with E-state index in [2.05, 4.69) is 32.2 Å². The van der Waals surface area contributed by atoms with Crippen molar-refractivity contribution < 1.29 is 4.74 Å². The molecule has 82 valence electrons. The Kier molecular flexibility index (Phi) is 5.60. The lowest BCUT2D eigenvalue weighted by Crippen LogP contribution is -2.43. The van der Waals surface area contributed by atoms with Crippen molar-refractivity contribution in [1.82, 2.24) is 5.32 Å². The summed E-state index contributed by atoms with van der Waals surface area (Å²) in [5.41, 5.74) is 1.36. The average Bonchev–Trinajstić information content (AvgIpc) is 2.18. The number of rotatable bonds is 4. The van der Waals surface area contributed by atoms with Crippen LogP contribution in [-0.2, 0) is 4.74 Å². The van der Waals surface area contributed by atoms with Gasteiger partial charge in [-0.3, -0.25) is 0 Å². The van der Waals surface area contributed by atoms with Crippen LogP contribution in [0.1, 0.15) is 20.8 Å². The summed E-state index contributed by atoms with van der Waals surface area (Å²) in [5, 5.41) is 3.47. The normalized spacial score (nSPS) is 24.4. The third-order valence-corrected chi connectivity index (χ3v) is 3.21. The van der Waals surface area contributed by atoms with Crippen LogP contribution in [0.5, 0.6) is 0 Å². The van der Waals surface area contributed by atoms with Gasteiger partial charge in [-0.2, -0.15) is 11.8 Å². The zero-order valence-electron chi connectivity index (χ0n) is 9.38. The molecule has 3 heteroatoms. The van der Waals surface area contributed by atoms with Crippen molar-refractivity contribution in [2.45, 2.75) is 32.9 Å². The Labute approximate surface area is 91.5 Å². The second kappa shape index (κ2) is 6.49. The molecule has 0 radical (unpaired) electrons. The van der Waals surface area contributed by atoms with Crippen LogP contribution in [0.2, 0.25) is 0 Å². The predicted molar refractivity (Wildman–Crippen MR) is 64.0 cm³/mol. The van der Waals surface area contributed by atoms with E-state index in [9.17, 15) is 0 Å². The predicted octanol–water partition coefficient (Wildman–Crippen LogP) is 2.06. The first-order valence-corrected chi connectivity index (χ1v) is 6.47. The summed E-state index contributed by atoms with van der Waals surface area (Å²) in [6.07, 6.45) is 2.63. The summed E-state index contributed by atoms with van der Waals surface area (Å²) >= 11 is 1.99. The zero-order chi connectivity index (χ0) is 10.4. The van der Waals surface area contributed by atoms with Gasteiger partial charge in [0, 0.05) is 11.5 Å². The van der Waals surface area contributed by atoms with Crippen LogP contribution in [0.25, 0.3) is 0 Å². The van der Waals surface area contributed by atoms with Gasteiger partial charge in [0.2, 0.25) is 0 Å². The lowest BCUT2D eigenvalue weighted by atomic mass is 10.1. The number of nitrogens with one attached hydrogen (secondary N) is 1. The Balaban J connectivity index is 2.51. The van der Waals surface area contributed by atoms with Crippen molar-refractivity contribution in [2.24, 2.45) is 0 Å². The Morgan fingerprint density at radius 1 is 1.64 bits per heavy atom. The molecule has 1 rings (SSSR count). The number of hydrogen-bond acceptors (Lipinski definition) is 3. The van der Waals surface area contributed by atoms with E-state index in [1.807, 2.05) is 11.8 Å². The third kappa shape index (κ3) is 4.03. The van der Waals surface area contributed by atoms with Gasteiger partial charge in [0.1, 0.15) is 0 Å². The summed E-state index contributed by atoms with van der Waals surface area (Å²) in [6, 6.07) is 0.387. The number of ether oxygens (including phenoxy) is 1. The Bertz CT molecular complexity index is 184. The minimum absolute atomic E-state index is 0.351. The van der Waals surface area contributed by atoms with E-state index >= 15 is 0 Å². The standard InChI is InChI=1S/C11H21NOS/c1-4-12-10(7-9(2)3)11-8-14-6-5-13-11/h7,10-12H,4-6,8H2,1-3H3. The van der Waals surface area contributed by atoms with Crippen LogP contribution >= 0.6 is 11.8 Å². The summed E-state index contributed by atoms with van der Waals surface area (Å²) in [7, 11) is 0. The molecule has 1 fully saturated rings. The van der Waals surface area contributed by atoms with E-state index in [4.69, 9.17) is 4.74 Å². The molecule has 0 bridgehead atoms. The van der Waals surface area contributed by atoms with Crippen LogP contribution in [0, 0.1) is 0 Å². The number of hydrogen-bond donors (Lipinski definition) is 1. The summed E-state index contributed by atoms with van der Waals surface area (Å²) in [5.74, 6) is 2.26. The van der Waals surface area contributed by atoms with Gasteiger partial charge in [0.15, 0.2) is 0 Å². The van der Waals surface area contributed by atoms with E-state index in [-0.39, 0.29) is 0 Å². The highest BCUT2D eigenvalue weighted by Gasteiger charge is 2.22. The van der Waals surface area contributed by atoms with Crippen molar-refractivity contribution in [2.75, 3.05) is 24.7 Å². The molecule has 0 aromatic heterocycles. The average molecular weight is 215 g/mol. The van der Waals surface area contributed by atoms with E-state index in [0.29, 0.717) is 12.1 Å². The topological polar surface area (TPSA) is 21.3 Å². The minimum atomic E-state index is 0.351. The van der Waals surface area contributed by atoms with Crippen LogP contribution in [0.4, 0.5) is 0 Å². The maximum atomic E-state index is 5.77. The second-order valence-corrected chi connectivity index (χ2v) is 4.96. The molecule has 1 aliphatic rings. The van der Waals surface area contributed by atoms with Crippen molar-refractivity contribution in [3.63, 3.8) is 0 Å². The molecule has 1 saturated heterocycles. The van der Waals surface area contributed by atoms with Crippen LogP contribution in [0.3, 0.4) is 0 Å². The molecule has 0 saturated carbocycles. The molecule has 14 heavy (non-hydrogen) atoms. The van der Waals surface area contributed by atoms with Crippen LogP contribution < -0.4 is 5.32 Å². The Morgan fingerprint density at radius 3 is 2.93 bits per heavy atom. The smallest absolute Gasteiger partial charge is 0.0854 e. The molecular weight excluding hydrogens is 194 g/mol. The molecule has 0 spiro atoms. The molecular formula is C11H21NOS. The van der Waals surface area contributed by atoms with Crippen LogP contribution in [-0.4, -0.2) is 36.8 Å². The first-order valence-electron chi connectivity index (χ1n) is 5.31. The summed E-state index contributed by atoms with van der Waals surface area (Å²) in [6.45, 7) is 8.31. The first kappa shape index (κ1) is 12.1. The van der Waals surface area contributed by atoms with Gasteiger partial charge in [-0.25, -0.2) is 0 Å². The maximum absolute atomic E-state index is 5.77. The SMILES string of the molecule is CCNC(C=C(C)C)C1CSCCO1. The Hall–Kier alpha value is 0.01000. The molecule has 2 nitrogen and oxygen atoms in total. The molecule has 1 heterocycles. The van der Waals surface area contributed by atoms with E-state index in [1.165, 1.54) is 5.57 Å². The fourth-order valence-corrected chi connectivity index (χ4v) is 2.52. The number of likely N-dealkylation sites (N-methyl/N-ethyl adjacent to an activating group) is 1. The molecule has 1 aliphatic heterocycles. The monoisotopic (exact) mass is 215 g/mol. The van der Waals surface area contributed by atoms with Gasteiger partial charge >= 0.3 is 0 Å². The van der Waals surface area contributed by atoms with Gasteiger partial charge in [-0.15, -0.1) is 0 Å². The maximum Gasteiger partial charge on any atom is 0.0854 e. The first-order chi connectivity index (χ1) is 6.74. The third-order valence-electron chi connectivity index (χ3n) is 2.19. The van der Waals surface area contributed by atoms with Crippen molar-refractivity contribution in [3.8, 4) is 0 Å². The summed E-state index contributed by atoms with van der Waals surface area (Å²) in [4.78, 5) is 0. The minimum Gasteiger partial charge on any atom is -0.375 e. The quantitative estimate of drug-likeness (QED) is 0.725. The largest absolute Gasteiger partial charge is 0.375 e. The van der Waals surface area contributed by atoms with Gasteiger partial charge < -0.3 is 10.1 Å². The molecule has 2 unspecified atom stereocenters. The van der Waals surface area contributed by atoms with E-state index in [0.717, 1.165) is 24.7 Å². The van der Waals surface area contributed by atoms with Crippen LogP contribution in [0.15, 0.2) is 11.6 Å². The number of allylic oxidation sites excluding steroid dienone is 1. The van der Waals surface area contributed by atoms with E-state index < -0.39 is 0 Å². The molecule has 2 atom stereocenters. The molecule has 1 N–H and O–H groups in total. The van der Waals surface area contributed by atoms with E-state index in [1.54, 1.807) is 0 Å². The molecule has 0 amide bonds. The van der Waals surface area contributed by atoms with Gasteiger partial charge in [0.05, 0.1) is 18.8 Å². The van der Waals surface area contributed by atoms with Gasteiger partial charge in [0.25, 0.3) is 0 Å². The summed E-state index contributed by atoms with van der Waals surface area (Å²) < 4.78 is 5.77. The lowest BCUT2D eigenvalue weighted by Gasteiger charge is -2.29. The van der Waals surface area contributed by atoms with Crippen molar-refractivity contribution in [3.05, 3.63) is 11.6 Å². The number of thioether (sulfide) groups is 1. The molecule has 0 aliphatic carbocycles. The van der Waals surface area contributed by atoms with Crippen molar-refractivity contribution in [1.29, 1.82) is 0 Å². The Morgan fingerprint density at radius 2 is 2.43 bits per heavy atom. The fraction of sp³-hybridized carbons (Fsp3) is 0.818. The van der Waals surface area contributed by atoms with Gasteiger partial charge in [-0.1, -0.05) is 18.6 Å². The van der Waals surface area contributed by atoms with Gasteiger partial charge in [-0.05, 0) is 20.4 Å². The van der Waals surface area contributed by atoms with Crippen molar-refractivity contribution >= 4 is 11.8 Å². The second-order valence-electron chi connectivity index (χ2n) is 3.81. The lowest BCUT2D eigenvalue weighted by molar-refractivity contribution is 0.0589. The molecule has 0 aromatic rings. The highest BCUT2D eigenvalue weighted by molar-refractivity contribution is 7.99.